The second-order valence-corrected chi connectivity index (χ2v) is 7.65. The van der Waals surface area contributed by atoms with Crippen molar-refractivity contribution in [3.05, 3.63) is 18.2 Å². The van der Waals surface area contributed by atoms with Crippen LogP contribution in [0.15, 0.2) is 12.5 Å². The van der Waals surface area contributed by atoms with Crippen LogP contribution in [0.1, 0.15) is 31.4 Å². The number of carbonyl (C=O) groups is 5. The van der Waals surface area contributed by atoms with E-state index < -0.39 is 66.9 Å². The Morgan fingerprint density at radius 1 is 1.21 bits per heavy atom. The lowest BCUT2D eigenvalue weighted by Crippen LogP contribution is -2.58. The van der Waals surface area contributed by atoms with Gasteiger partial charge in [-0.2, -0.15) is 0 Å². The molecule has 0 bridgehead atoms. The normalized spacial score (nSPS) is 18.2. The molecule has 0 radical (unpaired) electrons. The summed E-state index contributed by atoms with van der Waals surface area (Å²) in [6.07, 6.45) is 2.96. The molecule has 1 saturated heterocycles. The van der Waals surface area contributed by atoms with E-state index in [-0.39, 0.29) is 25.8 Å². The maximum atomic E-state index is 12.9. The second-order valence-electron chi connectivity index (χ2n) is 7.65. The Morgan fingerprint density at radius 3 is 2.52 bits per heavy atom. The van der Waals surface area contributed by atoms with Crippen molar-refractivity contribution in [3.63, 3.8) is 0 Å². The molecule has 182 valence electrons. The van der Waals surface area contributed by atoms with Gasteiger partial charge in [-0.1, -0.05) is 0 Å². The number of nitrogens with one attached hydrogen (secondary N) is 3. The highest BCUT2D eigenvalue weighted by molar-refractivity contribution is 5.94. The number of hydrogen-bond acceptors (Lipinski definition) is 8. The monoisotopic (exact) mass is 468 g/mol. The van der Waals surface area contributed by atoms with Crippen LogP contribution in [-0.2, 0) is 30.4 Å². The van der Waals surface area contributed by atoms with Gasteiger partial charge in [-0.05, 0) is 19.3 Å². The van der Waals surface area contributed by atoms with Crippen LogP contribution >= 0.6 is 0 Å². The first-order valence-corrected chi connectivity index (χ1v) is 10.3. The van der Waals surface area contributed by atoms with Crippen molar-refractivity contribution in [2.45, 2.75) is 56.3 Å². The molecule has 33 heavy (non-hydrogen) atoms. The van der Waals surface area contributed by atoms with Crippen LogP contribution in [0.3, 0.4) is 0 Å². The molecule has 1 aromatic rings. The van der Waals surface area contributed by atoms with E-state index in [9.17, 15) is 34.2 Å². The summed E-state index contributed by atoms with van der Waals surface area (Å²) >= 11 is 0. The number of carbonyl (C=O) groups excluding carboxylic acids is 3. The van der Waals surface area contributed by atoms with Crippen LogP contribution in [0.4, 0.5) is 0 Å². The van der Waals surface area contributed by atoms with Gasteiger partial charge in [-0.3, -0.25) is 19.2 Å². The maximum Gasteiger partial charge on any atom is 0.326 e. The summed E-state index contributed by atoms with van der Waals surface area (Å²) in [5, 5.41) is 32.3. The number of carboxylic acid groups (broad SMARTS) is 2. The highest BCUT2D eigenvalue weighted by atomic mass is 16.4. The van der Waals surface area contributed by atoms with E-state index in [0.717, 1.165) is 4.90 Å². The van der Waals surface area contributed by atoms with Gasteiger partial charge in [-0.25, -0.2) is 9.78 Å². The Balaban J connectivity index is 2.00. The zero-order valence-electron chi connectivity index (χ0n) is 17.8. The predicted octanol–water partition coefficient (Wildman–Crippen LogP) is -2.82. The van der Waals surface area contributed by atoms with Crippen LogP contribution in [-0.4, -0.2) is 97.2 Å². The van der Waals surface area contributed by atoms with E-state index in [0.29, 0.717) is 12.1 Å². The molecule has 8 N–H and O–H groups in total. The van der Waals surface area contributed by atoms with Gasteiger partial charge < -0.3 is 41.6 Å². The zero-order chi connectivity index (χ0) is 24.5. The zero-order valence-corrected chi connectivity index (χ0v) is 17.8. The summed E-state index contributed by atoms with van der Waals surface area (Å²) in [7, 11) is 0. The standard InChI is InChI=1S/C19H28N6O8/c20-11(6-10-7-21-9-22-10)16(29)24-13(8-26)18(31)25-5-1-2-14(25)17(30)23-12(19(32)33)3-4-15(27)28/h7,9,11-14,26H,1-6,8,20H2,(H,21,22)(H,23,30)(H,24,29)(H,27,28)(H,32,33). The molecular formula is C19H28N6O8. The van der Waals surface area contributed by atoms with Crippen molar-refractivity contribution >= 4 is 29.7 Å². The summed E-state index contributed by atoms with van der Waals surface area (Å²) in [4.78, 5) is 67.8. The molecular weight excluding hydrogens is 440 g/mol. The van der Waals surface area contributed by atoms with Gasteiger partial charge in [0.2, 0.25) is 17.7 Å². The molecule has 2 rings (SSSR count). The van der Waals surface area contributed by atoms with Crippen molar-refractivity contribution in [2.75, 3.05) is 13.2 Å². The van der Waals surface area contributed by atoms with Crippen LogP contribution < -0.4 is 16.4 Å². The summed E-state index contributed by atoms with van der Waals surface area (Å²) in [6.45, 7) is -0.571. The van der Waals surface area contributed by atoms with Gasteiger partial charge in [0.15, 0.2) is 0 Å². The van der Waals surface area contributed by atoms with Crippen LogP contribution in [0.25, 0.3) is 0 Å². The number of aromatic amines is 1. The fourth-order valence-corrected chi connectivity index (χ4v) is 3.49. The minimum absolute atomic E-state index is 0.125. The number of likely N-dealkylation sites (tertiary alicyclic amines) is 1. The Kier molecular flexibility index (Phi) is 9.30. The number of aliphatic hydroxyl groups is 1. The molecule has 4 atom stereocenters. The number of H-pyrrole nitrogens is 1. The number of nitrogens with two attached hydrogens (primary N) is 1. The average molecular weight is 468 g/mol. The number of amides is 3. The van der Waals surface area contributed by atoms with Crippen molar-refractivity contribution in [2.24, 2.45) is 5.73 Å². The van der Waals surface area contributed by atoms with Gasteiger partial charge in [0, 0.05) is 31.3 Å². The third-order valence-corrected chi connectivity index (χ3v) is 5.23. The SMILES string of the molecule is NC(Cc1cnc[nH]1)C(=O)NC(CO)C(=O)N1CCCC1C(=O)NC(CCC(=O)O)C(=O)O. The Hall–Kier alpha value is -3.52. The lowest BCUT2D eigenvalue weighted by Gasteiger charge is -2.29. The number of aromatic nitrogens is 2. The van der Waals surface area contributed by atoms with Gasteiger partial charge in [0.05, 0.1) is 19.0 Å². The molecule has 3 amide bonds. The fourth-order valence-electron chi connectivity index (χ4n) is 3.49. The number of rotatable bonds is 12. The summed E-state index contributed by atoms with van der Waals surface area (Å²) in [5.41, 5.74) is 6.45. The first kappa shape index (κ1) is 25.7. The first-order valence-electron chi connectivity index (χ1n) is 10.3. The largest absolute Gasteiger partial charge is 0.481 e. The van der Waals surface area contributed by atoms with Gasteiger partial charge >= 0.3 is 11.9 Å². The molecule has 1 aromatic heterocycles. The quantitative estimate of drug-likeness (QED) is 0.166. The lowest BCUT2D eigenvalue weighted by atomic mass is 10.1. The minimum Gasteiger partial charge on any atom is -0.481 e. The van der Waals surface area contributed by atoms with Gasteiger partial charge in [0.25, 0.3) is 0 Å². The van der Waals surface area contributed by atoms with E-state index in [4.69, 9.17) is 10.8 Å². The molecule has 1 aliphatic rings. The van der Waals surface area contributed by atoms with Gasteiger partial charge in [0.1, 0.15) is 18.1 Å². The van der Waals surface area contributed by atoms with Crippen LogP contribution in [0.5, 0.6) is 0 Å². The molecule has 0 saturated carbocycles. The van der Waals surface area contributed by atoms with Crippen LogP contribution in [0, 0.1) is 0 Å². The lowest BCUT2D eigenvalue weighted by molar-refractivity contribution is -0.145. The number of aliphatic carboxylic acids is 2. The predicted molar refractivity (Wildman–Crippen MR) is 110 cm³/mol. The van der Waals surface area contributed by atoms with Crippen LogP contribution in [0.2, 0.25) is 0 Å². The molecule has 0 aliphatic carbocycles. The van der Waals surface area contributed by atoms with Crippen molar-refractivity contribution in [1.82, 2.24) is 25.5 Å². The molecule has 0 spiro atoms. The Labute approximate surface area is 188 Å². The number of imidazole rings is 1. The highest BCUT2D eigenvalue weighted by Gasteiger charge is 2.39. The Morgan fingerprint density at radius 2 is 1.94 bits per heavy atom. The molecule has 0 aromatic carbocycles. The molecule has 4 unspecified atom stereocenters. The van der Waals surface area contributed by atoms with Gasteiger partial charge in [-0.15, -0.1) is 0 Å². The molecule has 14 heteroatoms. The number of nitrogens with zero attached hydrogens (tertiary/aromatic N) is 2. The second kappa shape index (κ2) is 11.9. The van der Waals surface area contributed by atoms with E-state index in [1.807, 2.05) is 0 Å². The number of hydrogen-bond donors (Lipinski definition) is 7. The minimum atomic E-state index is -1.43. The first-order chi connectivity index (χ1) is 15.6. The maximum absolute atomic E-state index is 12.9. The number of carboxylic acids is 2. The molecule has 1 aliphatic heterocycles. The van der Waals surface area contributed by atoms with E-state index in [2.05, 4.69) is 20.6 Å². The summed E-state index contributed by atoms with van der Waals surface area (Å²) < 4.78 is 0. The topological polar surface area (TPSA) is 228 Å². The highest BCUT2D eigenvalue weighted by Crippen LogP contribution is 2.19. The molecule has 1 fully saturated rings. The van der Waals surface area contributed by atoms with Crippen molar-refractivity contribution in [3.8, 4) is 0 Å². The molecule has 14 nitrogen and oxygen atoms in total. The average Bonchev–Trinajstić information content (AvgIpc) is 3.45. The smallest absolute Gasteiger partial charge is 0.326 e. The van der Waals surface area contributed by atoms with E-state index in [1.165, 1.54) is 12.5 Å². The van der Waals surface area contributed by atoms with E-state index >= 15 is 0 Å². The molecule has 2 heterocycles. The Bertz CT molecular complexity index is 860. The summed E-state index contributed by atoms with van der Waals surface area (Å²) in [5.74, 6) is -4.75. The number of aliphatic hydroxyl groups excluding tert-OH is 1. The fraction of sp³-hybridized carbons (Fsp3) is 0.579. The third-order valence-electron chi connectivity index (χ3n) is 5.23. The summed E-state index contributed by atoms with van der Waals surface area (Å²) in [6, 6.07) is -4.81. The van der Waals surface area contributed by atoms with Crippen molar-refractivity contribution < 1.29 is 39.3 Å². The van der Waals surface area contributed by atoms with Crippen molar-refractivity contribution in [1.29, 1.82) is 0 Å². The van der Waals surface area contributed by atoms with E-state index in [1.54, 1.807) is 0 Å². The third kappa shape index (κ3) is 7.25.